The summed E-state index contributed by atoms with van der Waals surface area (Å²) in [4.78, 5) is 24.0. The van der Waals surface area contributed by atoms with E-state index in [1.165, 1.54) is 13.2 Å². The Labute approximate surface area is 149 Å². The van der Waals surface area contributed by atoms with E-state index in [4.69, 9.17) is 27.9 Å². The number of hydrogen-bond acceptors (Lipinski definition) is 3. The van der Waals surface area contributed by atoms with Crippen molar-refractivity contribution in [1.29, 1.82) is 0 Å². The van der Waals surface area contributed by atoms with Gasteiger partial charge < -0.3 is 4.74 Å². The molecule has 126 valence electrons. The molecule has 0 spiro atoms. The quantitative estimate of drug-likeness (QED) is 0.796. The van der Waals surface area contributed by atoms with Crippen LogP contribution in [0, 0.1) is 0 Å². The molecule has 0 heterocycles. The maximum absolute atomic E-state index is 12.1. The number of nitrogens with one attached hydrogen (secondary N) is 2. The molecule has 0 aliphatic rings. The lowest BCUT2D eigenvalue weighted by Gasteiger charge is -2.11. The third-order valence-electron chi connectivity index (χ3n) is 3.30. The Morgan fingerprint density at radius 2 is 1.83 bits per heavy atom. The minimum Gasteiger partial charge on any atom is -0.496 e. The molecule has 0 fully saturated rings. The number of carbonyl (C=O) groups is 2. The van der Waals surface area contributed by atoms with Crippen molar-refractivity contribution in [1.82, 2.24) is 10.9 Å². The van der Waals surface area contributed by atoms with E-state index in [1.807, 2.05) is 18.2 Å². The van der Waals surface area contributed by atoms with Crippen LogP contribution in [0.2, 0.25) is 10.0 Å². The summed E-state index contributed by atoms with van der Waals surface area (Å²) in [6.07, 6.45) is 0.665. The maximum Gasteiger partial charge on any atom is 0.273 e. The minimum absolute atomic E-state index is 0.191. The standard InChI is InChI=1S/C17H16Cl2N2O3/c1-24-15-8-7-12(18)10-13(15)17(23)21-20-16(22)9-6-11-4-2-3-5-14(11)19/h2-5,7-8,10H,6,9H2,1H3,(H,20,22)(H,21,23). The number of carbonyl (C=O) groups excluding carboxylic acids is 2. The molecule has 24 heavy (non-hydrogen) atoms. The predicted molar refractivity (Wildman–Crippen MR) is 93.4 cm³/mol. The number of hydrazine groups is 1. The van der Waals surface area contributed by atoms with E-state index in [2.05, 4.69) is 10.9 Å². The Balaban J connectivity index is 1.89. The van der Waals surface area contributed by atoms with Crippen molar-refractivity contribution >= 4 is 35.0 Å². The summed E-state index contributed by atoms with van der Waals surface area (Å²) in [5.41, 5.74) is 5.81. The van der Waals surface area contributed by atoms with Gasteiger partial charge in [0, 0.05) is 16.5 Å². The highest BCUT2D eigenvalue weighted by atomic mass is 35.5. The van der Waals surface area contributed by atoms with Gasteiger partial charge in [-0.15, -0.1) is 0 Å². The fourth-order valence-corrected chi connectivity index (χ4v) is 2.47. The van der Waals surface area contributed by atoms with Crippen LogP contribution in [0.3, 0.4) is 0 Å². The predicted octanol–water partition coefficient (Wildman–Crippen LogP) is 3.40. The van der Waals surface area contributed by atoms with Gasteiger partial charge in [-0.25, -0.2) is 0 Å². The normalized spacial score (nSPS) is 10.1. The first-order valence-corrected chi connectivity index (χ1v) is 7.93. The number of benzene rings is 2. The van der Waals surface area contributed by atoms with Crippen LogP contribution in [-0.4, -0.2) is 18.9 Å². The summed E-state index contributed by atoms with van der Waals surface area (Å²) >= 11 is 11.9. The van der Waals surface area contributed by atoms with Crippen LogP contribution in [0.1, 0.15) is 22.3 Å². The minimum atomic E-state index is -0.513. The van der Waals surface area contributed by atoms with Crippen LogP contribution in [0.15, 0.2) is 42.5 Å². The lowest BCUT2D eigenvalue weighted by atomic mass is 10.1. The Hall–Kier alpha value is -2.24. The van der Waals surface area contributed by atoms with Crippen LogP contribution >= 0.6 is 23.2 Å². The zero-order chi connectivity index (χ0) is 17.5. The van der Waals surface area contributed by atoms with Gasteiger partial charge in [-0.3, -0.25) is 20.4 Å². The molecule has 0 saturated carbocycles. The molecule has 7 heteroatoms. The summed E-state index contributed by atoms with van der Waals surface area (Å²) in [5.74, 6) is -0.480. The molecule has 0 atom stereocenters. The molecular weight excluding hydrogens is 351 g/mol. The van der Waals surface area contributed by atoms with Crippen LogP contribution in [0.5, 0.6) is 5.75 Å². The molecule has 0 aliphatic heterocycles. The van der Waals surface area contributed by atoms with E-state index in [9.17, 15) is 9.59 Å². The summed E-state index contributed by atoms with van der Waals surface area (Å²) < 4.78 is 5.10. The van der Waals surface area contributed by atoms with Crippen molar-refractivity contribution in [3.05, 3.63) is 63.6 Å². The topological polar surface area (TPSA) is 67.4 Å². The number of amides is 2. The van der Waals surface area contributed by atoms with Crippen LogP contribution in [0.4, 0.5) is 0 Å². The number of ether oxygens (including phenoxy) is 1. The van der Waals surface area contributed by atoms with E-state index >= 15 is 0 Å². The van der Waals surface area contributed by atoms with Gasteiger partial charge in [-0.2, -0.15) is 0 Å². The fourth-order valence-electron chi connectivity index (χ4n) is 2.06. The second-order valence-corrected chi connectivity index (χ2v) is 5.78. The molecule has 0 aliphatic carbocycles. The lowest BCUT2D eigenvalue weighted by molar-refractivity contribution is -0.121. The average molecular weight is 367 g/mol. The van der Waals surface area contributed by atoms with Crippen LogP contribution < -0.4 is 15.6 Å². The molecule has 2 amide bonds. The largest absolute Gasteiger partial charge is 0.496 e. The number of halogens is 2. The molecular formula is C17H16Cl2N2O3. The summed E-state index contributed by atoms with van der Waals surface area (Å²) in [7, 11) is 1.45. The van der Waals surface area contributed by atoms with Crippen molar-refractivity contribution < 1.29 is 14.3 Å². The van der Waals surface area contributed by atoms with Gasteiger partial charge in [0.2, 0.25) is 5.91 Å². The summed E-state index contributed by atoms with van der Waals surface area (Å²) in [5, 5.41) is 1.00. The first kappa shape index (κ1) is 18.1. The lowest BCUT2D eigenvalue weighted by Crippen LogP contribution is -2.41. The van der Waals surface area contributed by atoms with E-state index in [1.54, 1.807) is 18.2 Å². The van der Waals surface area contributed by atoms with Crippen molar-refractivity contribution in [2.24, 2.45) is 0 Å². The second-order valence-electron chi connectivity index (χ2n) is 4.94. The van der Waals surface area contributed by atoms with Gasteiger partial charge in [0.15, 0.2) is 0 Å². The van der Waals surface area contributed by atoms with Crippen molar-refractivity contribution in [2.45, 2.75) is 12.8 Å². The Kier molecular flexibility index (Phi) is 6.46. The van der Waals surface area contributed by atoms with E-state index in [0.29, 0.717) is 22.2 Å². The van der Waals surface area contributed by atoms with E-state index < -0.39 is 5.91 Å². The molecule has 2 N–H and O–H groups in total. The highest BCUT2D eigenvalue weighted by Crippen LogP contribution is 2.22. The second kappa shape index (κ2) is 8.57. The summed E-state index contributed by atoms with van der Waals surface area (Å²) in [6, 6.07) is 11.9. The first-order valence-electron chi connectivity index (χ1n) is 7.17. The van der Waals surface area contributed by atoms with Crippen LogP contribution in [0.25, 0.3) is 0 Å². The molecule has 0 aromatic heterocycles. The highest BCUT2D eigenvalue weighted by Gasteiger charge is 2.14. The molecule has 5 nitrogen and oxygen atoms in total. The van der Waals surface area contributed by atoms with Crippen LogP contribution in [-0.2, 0) is 11.2 Å². The Morgan fingerprint density at radius 3 is 2.54 bits per heavy atom. The smallest absolute Gasteiger partial charge is 0.273 e. The third-order valence-corrected chi connectivity index (χ3v) is 3.90. The SMILES string of the molecule is COc1ccc(Cl)cc1C(=O)NNC(=O)CCc1ccccc1Cl. The first-order chi connectivity index (χ1) is 11.5. The average Bonchev–Trinajstić information content (AvgIpc) is 2.59. The van der Waals surface area contributed by atoms with Gasteiger partial charge in [-0.1, -0.05) is 41.4 Å². The van der Waals surface area contributed by atoms with Crippen molar-refractivity contribution in [2.75, 3.05) is 7.11 Å². The number of aryl methyl sites for hydroxylation is 1. The zero-order valence-corrected chi connectivity index (χ0v) is 14.4. The monoisotopic (exact) mass is 366 g/mol. The maximum atomic E-state index is 12.1. The van der Waals surface area contributed by atoms with Gasteiger partial charge in [0.05, 0.1) is 12.7 Å². The Morgan fingerprint density at radius 1 is 1.08 bits per heavy atom. The third kappa shape index (κ3) is 4.88. The molecule has 0 saturated heterocycles. The Bertz CT molecular complexity index is 750. The molecule has 0 bridgehead atoms. The number of hydrogen-bond donors (Lipinski definition) is 2. The molecule has 0 radical (unpaired) electrons. The van der Waals surface area contributed by atoms with Gasteiger partial charge in [-0.05, 0) is 36.2 Å². The highest BCUT2D eigenvalue weighted by molar-refractivity contribution is 6.31. The van der Waals surface area contributed by atoms with Gasteiger partial charge in [0.25, 0.3) is 5.91 Å². The van der Waals surface area contributed by atoms with Crippen molar-refractivity contribution in [3.63, 3.8) is 0 Å². The number of methoxy groups -OCH3 is 1. The van der Waals surface area contributed by atoms with Gasteiger partial charge in [0.1, 0.15) is 5.75 Å². The molecule has 2 aromatic rings. The molecule has 2 aromatic carbocycles. The number of rotatable bonds is 5. The van der Waals surface area contributed by atoms with Gasteiger partial charge >= 0.3 is 0 Å². The molecule has 2 rings (SSSR count). The van der Waals surface area contributed by atoms with Crippen molar-refractivity contribution in [3.8, 4) is 5.75 Å². The zero-order valence-electron chi connectivity index (χ0n) is 12.9. The fraction of sp³-hybridized carbons (Fsp3) is 0.176. The van der Waals surface area contributed by atoms with E-state index in [0.717, 1.165) is 5.56 Å². The van der Waals surface area contributed by atoms with E-state index in [-0.39, 0.29) is 17.9 Å². The molecule has 0 unspecified atom stereocenters. The summed E-state index contributed by atoms with van der Waals surface area (Å²) in [6.45, 7) is 0.